The lowest BCUT2D eigenvalue weighted by Crippen LogP contribution is -2.62. The third kappa shape index (κ3) is 3.47. The number of carboxylic acid groups (broad SMARTS) is 1. The first-order valence-electron chi connectivity index (χ1n) is 10.8. The van der Waals surface area contributed by atoms with Crippen LogP contribution in [0.3, 0.4) is 0 Å². The molecule has 3 aliphatic heterocycles. The maximum atomic E-state index is 13.3. The van der Waals surface area contributed by atoms with Crippen LogP contribution in [-0.4, -0.2) is 56.5 Å². The third-order valence-corrected chi connectivity index (χ3v) is 7.07. The zero-order chi connectivity index (χ0) is 21.8. The first-order chi connectivity index (χ1) is 14.8. The van der Waals surface area contributed by atoms with E-state index in [0.29, 0.717) is 5.92 Å². The summed E-state index contributed by atoms with van der Waals surface area (Å²) < 4.78 is 15.0. The number of hydrogen-bond acceptors (Lipinski definition) is 3. The van der Waals surface area contributed by atoms with Crippen LogP contribution in [-0.2, 0) is 5.54 Å². The third-order valence-electron chi connectivity index (χ3n) is 7.07. The molecule has 4 heterocycles. The van der Waals surface area contributed by atoms with Crippen LogP contribution in [0, 0.1) is 11.7 Å². The van der Waals surface area contributed by atoms with Gasteiger partial charge in [0.2, 0.25) is 0 Å². The minimum absolute atomic E-state index is 0.00229. The Morgan fingerprint density at radius 3 is 2.48 bits per heavy atom. The van der Waals surface area contributed by atoms with E-state index in [1.165, 1.54) is 12.1 Å². The van der Waals surface area contributed by atoms with Crippen molar-refractivity contribution in [3.63, 3.8) is 0 Å². The number of amides is 1. The summed E-state index contributed by atoms with van der Waals surface area (Å²) in [4.78, 5) is 16.5. The van der Waals surface area contributed by atoms with Gasteiger partial charge in [-0.15, -0.1) is 0 Å². The molecule has 162 valence electrons. The van der Waals surface area contributed by atoms with Crippen molar-refractivity contribution in [2.24, 2.45) is 5.92 Å². The van der Waals surface area contributed by atoms with Crippen molar-refractivity contribution in [3.05, 3.63) is 60.0 Å². The molecule has 2 bridgehead atoms. The SMILES string of the molecule is CC(C)(c1ccc2cn(-c3ccc(F)cc3)nc2c1)N(C(=O)O)C1CN2CCC1CC2. The zero-order valence-electron chi connectivity index (χ0n) is 17.8. The highest BCUT2D eigenvalue weighted by molar-refractivity contribution is 5.80. The summed E-state index contributed by atoms with van der Waals surface area (Å²) in [6.45, 7) is 6.92. The summed E-state index contributed by atoms with van der Waals surface area (Å²) in [5.41, 5.74) is 1.79. The van der Waals surface area contributed by atoms with Gasteiger partial charge in [0.05, 0.1) is 22.8 Å². The van der Waals surface area contributed by atoms with Crippen LogP contribution in [0.15, 0.2) is 48.7 Å². The van der Waals surface area contributed by atoms with Crippen LogP contribution < -0.4 is 0 Å². The van der Waals surface area contributed by atoms with Crippen molar-refractivity contribution in [1.29, 1.82) is 0 Å². The molecule has 3 fully saturated rings. The smallest absolute Gasteiger partial charge is 0.408 e. The number of carbonyl (C=O) groups is 1. The van der Waals surface area contributed by atoms with Gasteiger partial charge in [-0.1, -0.05) is 12.1 Å². The molecule has 0 spiro atoms. The van der Waals surface area contributed by atoms with Crippen molar-refractivity contribution in [2.75, 3.05) is 19.6 Å². The molecule has 0 radical (unpaired) electrons. The number of fused-ring (bicyclic) bond motifs is 4. The van der Waals surface area contributed by atoms with Gasteiger partial charge >= 0.3 is 6.09 Å². The maximum absolute atomic E-state index is 13.3. The molecule has 3 saturated heterocycles. The van der Waals surface area contributed by atoms with E-state index >= 15 is 0 Å². The topological polar surface area (TPSA) is 61.6 Å². The maximum Gasteiger partial charge on any atom is 0.408 e. The summed E-state index contributed by atoms with van der Waals surface area (Å²) >= 11 is 0. The summed E-state index contributed by atoms with van der Waals surface area (Å²) in [5.74, 6) is 0.132. The molecular formula is C24H27FN4O2. The van der Waals surface area contributed by atoms with Crippen LogP contribution in [0.5, 0.6) is 0 Å². The van der Waals surface area contributed by atoms with Gasteiger partial charge in [0.25, 0.3) is 0 Å². The Balaban J connectivity index is 1.50. The molecule has 3 aliphatic rings. The molecule has 1 amide bonds. The molecule has 31 heavy (non-hydrogen) atoms. The van der Waals surface area contributed by atoms with E-state index in [4.69, 9.17) is 0 Å². The number of aromatic nitrogens is 2. The minimum atomic E-state index is -0.874. The van der Waals surface area contributed by atoms with Gasteiger partial charge in [-0.2, -0.15) is 5.10 Å². The first kappa shape index (κ1) is 20.0. The van der Waals surface area contributed by atoms with Crippen molar-refractivity contribution >= 4 is 17.0 Å². The number of halogens is 1. The van der Waals surface area contributed by atoms with Crippen molar-refractivity contribution in [3.8, 4) is 5.69 Å². The molecule has 1 unspecified atom stereocenters. The van der Waals surface area contributed by atoms with E-state index in [-0.39, 0.29) is 11.9 Å². The normalized spacial score (nSPS) is 23.3. The standard InChI is InChI=1S/C24H27FN4O2/c1-24(2,29(23(30)31)22-15-27-11-9-16(22)10-12-27)18-4-3-17-14-28(26-21(17)13-18)20-7-5-19(25)6-8-20/h3-8,13-14,16,22H,9-12,15H2,1-2H3,(H,30,31). The fourth-order valence-corrected chi connectivity index (χ4v) is 5.28. The highest BCUT2D eigenvalue weighted by atomic mass is 19.1. The van der Waals surface area contributed by atoms with Gasteiger partial charge in [-0.25, -0.2) is 13.9 Å². The fourth-order valence-electron chi connectivity index (χ4n) is 5.28. The Kier molecular flexibility index (Phi) is 4.73. The Bertz CT molecular complexity index is 1120. The number of benzene rings is 2. The lowest BCUT2D eigenvalue weighted by Gasteiger charge is -2.52. The number of rotatable bonds is 4. The number of hydrogen-bond donors (Lipinski definition) is 1. The average Bonchev–Trinajstić information content (AvgIpc) is 3.18. The first-order valence-corrected chi connectivity index (χ1v) is 10.8. The Hall–Kier alpha value is -2.93. The Labute approximate surface area is 180 Å². The zero-order valence-corrected chi connectivity index (χ0v) is 17.8. The largest absolute Gasteiger partial charge is 0.465 e. The lowest BCUT2D eigenvalue weighted by atomic mass is 9.80. The van der Waals surface area contributed by atoms with Crippen molar-refractivity contribution in [1.82, 2.24) is 19.6 Å². The fraction of sp³-hybridized carbons (Fsp3) is 0.417. The van der Waals surface area contributed by atoms with Gasteiger partial charge in [0, 0.05) is 18.1 Å². The molecule has 0 aliphatic carbocycles. The van der Waals surface area contributed by atoms with Crippen LogP contribution in [0.1, 0.15) is 32.3 Å². The second-order valence-electron chi connectivity index (χ2n) is 9.24. The van der Waals surface area contributed by atoms with Crippen molar-refractivity contribution in [2.45, 2.75) is 38.3 Å². The predicted octanol–water partition coefficient (Wildman–Crippen LogP) is 4.47. The summed E-state index contributed by atoms with van der Waals surface area (Å²) in [5, 5.41) is 15.8. The van der Waals surface area contributed by atoms with Gasteiger partial charge in [-0.05, 0) is 81.6 Å². The van der Waals surface area contributed by atoms with E-state index in [9.17, 15) is 14.3 Å². The average molecular weight is 423 g/mol. The highest BCUT2D eigenvalue weighted by Gasteiger charge is 2.45. The van der Waals surface area contributed by atoms with E-state index < -0.39 is 11.6 Å². The van der Waals surface area contributed by atoms with Crippen LogP contribution >= 0.6 is 0 Å². The molecule has 7 heteroatoms. The van der Waals surface area contributed by atoms with Gasteiger partial charge < -0.3 is 10.0 Å². The molecular weight excluding hydrogens is 395 g/mol. The van der Waals surface area contributed by atoms with Crippen molar-refractivity contribution < 1.29 is 14.3 Å². The summed E-state index contributed by atoms with van der Waals surface area (Å²) in [6.07, 6.45) is 3.15. The molecule has 6 nitrogen and oxygen atoms in total. The molecule has 1 aromatic heterocycles. The molecule has 0 saturated carbocycles. The molecule has 3 aromatic rings. The summed E-state index contributed by atoms with van der Waals surface area (Å²) in [7, 11) is 0. The van der Waals surface area contributed by atoms with E-state index in [1.807, 2.05) is 38.2 Å². The molecule has 6 rings (SSSR count). The molecule has 2 aromatic carbocycles. The molecule has 1 atom stereocenters. The number of nitrogens with zero attached hydrogens (tertiary/aromatic N) is 4. The van der Waals surface area contributed by atoms with Gasteiger partial charge in [-0.3, -0.25) is 4.90 Å². The van der Waals surface area contributed by atoms with Crippen LogP contribution in [0.25, 0.3) is 16.6 Å². The predicted molar refractivity (Wildman–Crippen MR) is 117 cm³/mol. The quantitative estimate of drug-likeness (QED) is 0.674. The Morgan fingerprint density at radius 2 is 1.87 bits per heavy atom. The van der Waals surface area contributed by atoms with Crippen LogP contribution in [0.4, 0.5) is 9.18 Å². The monoisotopic (exact) mass is 422 g/mol. The minimum Gasteiger partial charge on any atom is -0.465 e. The summed E-state index contributed by atoms with van der Waals surface area (Å²) in [6, 6.07) is 12.2. The van der Waals surface area contributed by atoms with Gasteiger partial charge in [0.1, 0.15) is 5.82 Å². The van der Waals surface area contributed by atoms with E-state index in [2.05, 4.69) is 10.00 Å². The second-order valence-corrected chi connectivity index (χ2v) is 9.24. The van der Waals surface area contributed by atoms with Gasteiger partial charge in [0.15, 0.2) is 0 Å². The Morgan fingerprint density at radius 1 is 1.16 bits per heavy atom. The van der Waals surface area contributed by atoms with E-state index in [0.717, 1.165) is 54.6 Å². The second kappa shape index (κ2) is 7.34. The highest BCUT2D eigenvalue weighted by Crippen LogP contribution is 2.38. The van der Waals surface area contributed by atoms with Crippen LogP contribution in [0.2, 0.25) is 0 Å². The van der Waals surface area contributed by atoms with E-state index in [1.54, 1.807) is 21.7 Å². The molecule has 1 N–H and O–H groups in total. The lowest BCUT2D eigenvalue weighted by molar-refractivity contribution is -0.0289. The number of piperidine rings is 3.